The highest BCUT2D eigenvalue weighted by Gasteiger charge is 2.31. The Hall–Kier alpha value is -3.56. The molecular weight excluding hydrogens is 369 g/mol. The molecule has 0 aliphatic heterocycles. The number of carbonyl (C=O) groups excluding carboxylic acids is 3. The number of rotatable bonds is 6. The Morgan fingerprint density at radius 1 is 0.926 bits per heavy atom. The molecule has 2 amide bonds. The van der Waals surface area contributed by atoms with E-state index in [1.807, 2.05) is 0 Å². The number of nitrogens with one attached hydrogen (secondary N) is 1. The zero-order valence-electron chi connectivity index (χ0n) is 13.6. The van der Waals surface area contributed by atoms with Crippen LogP contribution in [0.15, 0.2) is 48.5 Å². The fourth-order valence-corrected chi connectivity index (χ4v) is 1.92. The van der Waals surface area contributed by atoms with Crippen molar-refractivity contribution < 1.29 is 37.0 Å². The van der Waals surface area contributed by atoms with Crippen LogP contribution in [0.4, 0.5) is 18.9 Å². The van der Waals surface area contributed by atoms with E-state index in [1.54, 1.807) is 0 Å². The van der Waals surface area contributed by atoms with Crippen molar-refractivity contribution in [2.24, 2.45) is 5.73 Å². The lowest BCUT2D eigenvalue weighted by Crippen LogP contribution is -2.21. The second kappa shape index (κ2) is 8.21. The number of amides is 2. The summed E-state index contributed by atoms with van der Waals surface area (Å²) >= 11 is 0. The summed E-state index contributed by atoms with van der Waals surface area (Å²) in [4.78, 5) is 34.5. The van der Waals surface area contributed by atoms with Crippen molar-refractivity contribution in [3.05, 3.63) is 59.7 Å². The number of halogens is 3. The van der Waals surface area contributed by atoms with Gasteiger partial charge in [0.15, 0.2) is 6.61 Å². The smallest absolute Gasteiger partial charge is 0.452 e. The monoisotopic (exact) mass is 382 g/mol. The molecule has 0 saturated carbocycles. The number of primary amides is 1. The van der Waals surface area contributed by atoms with Crippen LogP contribution < -0.4 is 15.8 Å². The second-order valence-corrected chi connectivity index (χ2v) is 5.14. The van der Waals surface area contributed by atoms with Crippen LogP contribution in [-0.2, 0) is 9.53 Å². The summed E-state index contributed by atoms with van der Waals surface area (Å²) < 4.78 is 44.7. The third-order valence-electron chi connectivity index (χ3n) is 3.11. The highest BCUT2D eigenvalue weighted by molar-refractivity contribution is 5.96. The summed E-state index contributed by atoms with van der Waals surface area (Å²) in [6.07, 6.45) is -4.84. The normalized spacial score (nSPS) is 10.8. The summed E-state index contributed by atoms with van der Waals surface area (Å²) in [6, 6.07) is 9.75. The van der Waals surface area contributed by atoms with Gasteiger partial charge in [0.2, 0.25) is 5.91 Å². The van der Waals surface area contributed by atoms with Crippen molar-refractivity contribution in [2.45, 2.75) is 6.36 Å². The molecule has 0 radical (unpaired) electrons. The maximum Gasteiger partial charge on any atom is 0.573 e. The maximum absolute atomic E-state index is 12.1. The first-order chi connectivity index (χ1) is 12.6. The van der Waals surface area contributed by atoms with Crippen LogP contribution in [0, 0.1) is 0 Å². The first kappa shape index (κ1) is 19.8. The molecule has 0 aliphatic carbocycles. The Morgan fingerprint density at radius 2 is 1.48 bits per heavy atom. The number of carbonyl (C=O) groups is 3. The van der Waals surface area contributed by atoms with Gasteiger partial charge >= 0.3 is 12.3 Å². The molecule has 0 atom stereocenters. The lowest BCUT2D eigenvalue weighted by molar-refractivity contribution is -0.274. The van der Waals surface area contributed by atoms with Gasteiger partial charge in [-0.05, 0) is 48.5 Å². The van der Waals surface area contributed by atoms with Crippen molar-refractivity contribution in [2.75, 3.05) is 11.9 Å². The fraction of sp³-hybridized carbons (Fsp3) is 0.118. The van der Waals surface area contributed by atoms with Gasteiger partial charge < -0.3 is 20.5 Å². The van der Waals surface area contributed by atoms with E-state index in [2.05, 4.69) is 10.1 Å². The minimum absolute atomic E-state index is 0.0527. The molecule has 0 saturated heterocycles. The third kappa shape index (κ3) is 6.34. The van der Waals surface area contributed by atoms with Gasteiger partial charge in [0.25, 0.3) is 5.91 Å². The Bertz CT molecular complexity index is 833. The Labute approximate surface area is 150 Å². The quantitative estimate of drug-likeness (QED) is 0.747. The van der Waals surface area contributed by atoms with Gasteiger partial charge in [0, 0.05) is 11.3 Å². The molecule has 2 aromatic rings. The van der Waals surface area contributed by atoms with Crippen molar-refractivity contribution in [3.63, 3.8) is 0 Å². The number of hydrogen-bond donors (Lipinski definition) is 2. The summed E-state index contributed by atoms with van der Waals surface area (Å²) in [7, 11) is 0. The van der Waals surface area contributed by atoms with Crippen molar-refractivity contribution in [3.8, 4) is 5.75 Å². The molecule has 10 heteroatoms. The first-order valence-corrected chi connectivity index (χ1v) is 7.37. The molecule has 0 bridgehead atoms. The molecule has 0 aromatic heterocycles. The van der Waals surface area contributed by atoms with E-state index in [0.717, 1.165) is 24.3 Å². The summed E-state index contributed by atoms with van der Waals surface area (Å²) in [6.45, 7) is -0.614. The molecule has 2 aromatic carbocycles. The molecular formula is C17H13F3N2O5. The number of hydrogen-bond acceptors (Lipinski definition) is 5. The molecule has 142 valence electrons. The topological polar surface area (TPSA) is 108 Å². The highest BCUT2D eigenvalue weighted by atomic mass is 19.4. The fourth-order valence-electron chi connectivity index (χ4n) is 1.92. The van der Waals surface area contributed by atoms with E-state index >= 15 is 0 Å². The molecule has 27 heavy (non-hydrogen) atoms. The molecule has 0 spiro atoms. The molecule has 3 N–H and O–H groups in total. The number of esters is 1. The van der Waals surface area contributed by atoms with Crippen molar-refractivity contribution >= 4 is 23.5 Å². The number of benzene rings is 2. The predicted octanol–water partition coefficient (Wildman–Crippen LogP) is 2.48. The molecule has 0 heterocycles. The molecule has 0 fully saturated rings. The second-order valence-electron chi connectivity index (χ2n) is 5.14. The van der Waals surface area contributed by atoms with Gasteiger partial charge in [-0.1, -0.05) is 0 Å². The largest absolute Gasteiger partial charge is 0.573 e. The van der Waals surface area contributed by atoms with Crippen LogP contribution in [0.2, 0.25) is 0 Å². The lowest BCUT2D eigenvalue weighted by Gasteiger charge is -2.09. The zero-order chi connectivity index (χ0) is 20.0. The Balaban J connectivity index is 1.85. The van der Waals surface area contributed by atoms with E-state index in [-0.39, 0.29) is 11.1 Å². The first-order valence-electron chi connectivity index (χ1n) is 7.37. The van der Waals surface area contributed by atoms with E-state index < -0.39 is 36.5 Å². The summed E-state index contributed by atoms with van der Waals surface area (Å²) in [5.74, 6) is -2.65. The van der Waals surface area contributed by atoms with Crippen molar-refractivity contribution in [1.82, 2.24) is 0 Å². The minimum Gasteiger partial charge on any atom is -0.452 e. The average Bonchev–Trinajstić information content (AvgIpc) is 2.59. The van der Waals surface area contributed by atoms with E-state index in [0.29, 0.717) is 5.69 Å². The molecule has 0 aliphatic rings. The average molecular weight is 382 g/mol. The van der Waals surface area contributed by atoms with E-state index in [9.17, 15) is 27.6 Å². The number of ether oxygens (including phenoxy) is 2. The van der Waals surface area contributed by atoms with Crippen LogP contribution in [0.3, 0.4) is 0 Å². The number of anilines is 1. The maximum atomic E-state index is 12.1. The van der Waals surface area contributed by atoms with Crippen LogP contribution >= 0.6 is 0 Å². The molecule has 2 rings (SSSR count). The Morgan fingerprint density at radius 3 is 2.00 bits per heavy atom. The zero-order valence-corrected chi connectivity index (χ0v) is 13.6. The van der Waals surface area contributed by atoms with Crippen LogP contribution in [0.25, 0.3) is 0 Å². The van der Waals surface area contributed by atoms with Crippen LogP contribution in [0.1, 0.15) is 20.7 Å². The summed E-state index contributed by atoms with van der Waals surface area (Å²) in [5.41, 5.74) is 5.66. The third-order valence-corrected chi connectivity index (χ3v) is 3.11. The predicted molar refractivity (Wildman–Crippen MR) is 87.0 cm³/mol. The molecule has 7 nitrogen and oxygen atoms in total. The van der Waals surface area contributed by atoms with Gasteiger partial charge in [-0.3, -0.25) is 9.59 Å². The van der Waals surface area contributed by atoms with Crippen LogP contribution in [0.5, 0.6) is 5.75 Å². The highest BCUT2D eigenvalue weighted by Crippen LogP contribution is 2.22. The minimum atomic E-state index is -4.84. The molecule has 0 unspecified atom stereocenters. The van der Waals surface area contributed by atoms with Gasteiger partial charge in [-0.15, -0.1) is 13.2 Å². The van der Waals surface area contributed by atoms with E-state index in [1.165, 1.54) is 24.3 Å². The van der Waals surface area contributed by atoms with Gasteiger partial charge in [0.1, 0.15) is 5.75 Å². The van der Waals surface area contributed by atoms with Gasteiger partial charge in [-0.25, -0.2) is 4.79 Å². The van der Waals surface area contributed by atoms with Crippen LogP contribution in [-0.4, -0.2) is 30.8 Å². The van der Waals surface area contributed by atoms with E-state index in [4.69, 9.17) is 10.5 Å². The Kier molecular flexibility index (Phi) is 6.01. The SMILES string of the molecule is NC(=O)c1ccc(NC(=O)COC(=O)c2ccc(OC(F)(F)F)cc2)cc1. The van der Waals surface area contributed by atoms with Gasteiger partial charge in [-0.2, -0.15) is 0 Å². The number of nitrogens with two attached hydrogens (primary N) is 1. The van der Waals surface area contributed by atoms with Gasteiger partial charge in [0.05, 0.1) is 5.56 Å². The standard InChI is InChI=1S/C17H13F3N2O5/c18-17(19,20)27-13-7-3-11(4-8-13)16(25)26-9-14(23)22-12-5-1-10(2-6-12)15(21)24/h1-8H,9H2,(H2,21,24)(H,22,23). The number of alkyl halides is 3. The lowest BCUT2D eigenvalue weighted by atomic mass is 10.2. The summed E-state index contributed by atoms with van der Waals surface area (Å²) in [5, 5.41) is 2.44. The van der Waals surface area contributed by atoms with Crippen molar-refractivity contribution in [1.29, 1.82) is 0 Å².